The van der Waals surface area contributed by atoms with Crippen molar-refractivity contribution in [1.29, 1.82) is 0 Å². The molecule has 0 saturated heterocycles. The van der Waals surface area contributed by atoms with Gasteiger partial charge in [0.2, 0.25) is 0 Å². The number of alkyl halides is 2. The number of ketones is 1. The molecule has 0 unspecified atom stereocenters. The minimum atomic E-state index is -0.604. The second kappa shape index (κ2) is 5.66. The summed E-state index contributed by atoms with van der Waals surface area (Å²) in [5, 5.41) is 0. The van der Waals surface area contributed by atoms with Crippen LogP contribution in [0.3, 0.4) is 0 Å². The zero-order valence-electron chi connectivity index (χ0n) is 10.6. The zero-order valence-corrected chi connectivity index (χ0v) is 14.5. The van der Waals surface area contributed by atoms with E-state index in [4.69, 9.17) is 0 Å². The first-order valence-electron chi connectivity index (χ1n) is 6.27. The minimum absolute atomic E-state index is 0.0513. The molecule has 0 spiro atoms. The van der Waals surface area contributed by atoms with Gasteiger partial charge in [-0.1, -0.05) is 80.4 Å². The van der Waals surface area contributed by atoms with Crippen LogP contribution >= 0.6 is 43.6 Å². The average Bonchev–Trinajstić information content (AvgIpc) is 2.51. The summed E-state index contributed by atoms with van der Waals surface area (Å²) < 4.78 is -0.604. The molecule has 0 N–H and O–H groups in total. The second-order valence-electron chi connectivity index (χ2n) is 4.75. The predicted molar refractivity (Wildman–Crippen MR) is 91.3 cm³/mol. The van der Waals surface area contributed by atoms with E-state index in [-0.39, 0.29) is 10.6 Å². The third-order valence-corrected chi connectivity index (χ3v) is 8.10. The Morgan fingerprint density at radius 2 is 1.70 bits per heavy atom. The Bertz CT molecular complexity index is 644. The monoisotopic (exact) mass is 410 g/mol. The maximum atomic E-state index is 12.9. The fourth-order valence-electron chi connectivity index (χ4n) is 2.33. The van der Waals surface area contributed by atoms with Crippen molar-refractivity contribution in [3.63, 3.8) is 0 Å². The molecule has 0 fully saturated rings. The lowest BCUT2D eigenvalue weighted by molar-refractivity contribution is 0.0950. The van der Waals surface area contributed by atoms with Gasteiger partial charge in [-0.15, -0.1) is 11.8 Å². The molecule has 3 rings (SSSR count). The van der Waals surface area contributed by atoms with E-state index < -0.39 is 4.32 Å². The zero-order chi connectivity index (χ0) is 14.2. The number of hydrogen-bond donors (Lipinski definition) is 0. The van der Waals surface area contributed by atoms with Gasteiger partial charge in [0.15, 0.2) is 5.78 Å². The summed E-state index contributed by atoms with van der Waals surface area (Å²) in [6, 6.07) is 17.9. The van der Waals surface area contributed by atoms with Crippen LogP contribution in [0.15, 0.2) is 59.5 Å². The Morgan fingerprint density at radius 1 is 1.05 bits per heavy atom. The van der Waals surface area contributed by atoms with Crippen LogP contribution < -0.4 is 0 Å². The molecule has 1 aliphatic rings. The van der Waals surface area contributed by atoms with E-state index in [1.165, 1.54) is 0 Å². The van der Waals surface area contributed by atoms with Crippen LogP contribution in [0, 0.1) is 0 Å². The van der Waals surface area contributed by atoms with Crippen molar-refractivity contribution in [2.75, 3.05) is 5.75 Å². The highest BCUT2D eigenvalue weighted by Crippen LogP contribution is 2.49. The van der Waals surface area contributed by atoms with Gasteiger partial charge in [0.05, 0.1) is 4.83 Å². The number of halogens is 2. The highest BCUT2D eigenvalue weighted by molar-refractivity contribution is 9.12. The van der Waals surface area contributed by atoms with Gasteiger partial charge in [0.1, 0.15) is 4.32 Å². The molecule has 1 heterocycles. The summed E-state index contributed by atoms with van der Waals surface area (Å²) in [5.74, 6) is 0.866. The lowest BCUT2D eigenvalue weighted by Gasteiger charge is -2.35. The summed E-state index contributed by atoms with van der Waals surface area (Å²) in [4.78, 5) is 13.9. The first kappa shape index (κ1) is 14.4. The van der Waals surface area contributed by atoms with Gasteiger partial charge in [-0.05, 0) is 11.6 Å². The standard InChI is InChI=1S/C16H12Br2OS/c17-14(11-6-2-1-3-7-11)16(18)10-20-13-9-5-4-8-12(13)15(16)19/h1-9,14H,10H2/t14-,16+/m0/s1. The highest BCUT2D eigenvalue weighted by Gasteiger charge is 2.46. The molecule has 0 bridgehead atoms. The first-order valence-corrected chi connectivity index (χ1v) is 8.97. The van der Waals surface area contributed by atoms with Crippen LogP contribution in [-0.4, -0.2) is 15.9 Å². The van der Waals surface area contributed by atoms with Gasteiger partial charge in [-0.3, -0.25) is 4.79 Å². The Morgan fingerprint density at radius 3 is 2.45 bits per heavy atom. The van der Waals surface area contributed by atoms with Crippen LogP contribution in [0.4, 0.5) is 0 Å². The molecule has 20 heavy (non-hydrogen) atoms. The maximum Gasteiger partial charge on any atom is 0.182 e. The van der Waals surface area contributed by atoms with Crippen LogP contribution in [0.25, 0.3) is 0 Å². The Labute approximate surface area is 139 Å². The van der Waals surface area contributed by atoms with E-state index in [1.807, 2.05) is 54.6 Å². The van der Waals surface area contributed by atoms with Crippen molar-refractivity contribution in [3.05, 3.63) is 65.7 Å². The maximum absolute atomic E-state index is 12.9. The molecule has 1 nitrogen and oxygen atoms in total. The van der Waals surface area contributed by atoms with E-state index >= 15 is 0 Å². The molecule has 0 aliphatic carbocycles. The Balaban J connectivity index is 2.00. The average molecular weight is 412 g/mol. The SMILES string of the molecule is O=C1c2ccccc2SC[C@@]1(Br)[C@@H](Br)c1ccccc1. The molecule has 1 aliphatic heterocycles. The van der Waals surface area contributed by atoms with Crippen LogP contribution in [0.5, 0.6) is 0 Å². The van der Waals surface area contributed by atoms with E-state index in [1.54, 1.807) is 11.8 Å². The van der Waals surface area contributed by atoms with Gasteiger partial charge >= 0.3 is 0 Å². The fraction of sp³-hybridized carbons (Fsp3) is 0.188. The van der Waals surface area contributed by atoms with Gasteiger partial charge < -0.3 is 0 Å². The molecule has 2 aromatic carbocycles. The Kier molecular flexibility index (Phi) is 4.07. The van der Waals surface area contributed by atoms with E-state index in [0.29, 0.717) is 5.75 Å². The number of thioether (sulfide) groups is 1. The number of benzene rings is 2. The second-order valence-corrected chi connectivity index (χ2v) is 8.10. The molecular formula is C16H12Br2OS. The number of fused-ring (bicyclic) bond motifs is 1. The van der Waals surface area contributed by atoms with Crippen molar-refractivity contribution >= 4 is 49.4 Å². The van der Waals surface area contributed by atoms with E-state index in [9.17, 15) is 4.79 Å². The molecule has 0 radical (unpaired) electrons. The van der Waals surface area contributed by atoms with Gasteiger partial charge in [0.25, 0.3) is 0 Å². The minimum Gasteiger partial charge on any atom is -0.292 e. The molecule has 4 heteroatoms. The van der Waals surface area contributed by atoms with Crippen molar-refractivity contribution < 1.29 is 4.79 Å². The van der Waals surface area contributed by atoms with E-state index in [0.717, 1.165) is 16.0 Å². The van der Waals surface area contributed by atoms with Crippen LogP contribution in [0.1, 0.15) is 20.7 Å². The van der Waals surface area contributed by atoms with Crippen molar-refractivity contribution in [2.45, 2.75) is 14.0 Å². The fourth-order valence-corrected chi connectivity index (χ4v) is 5.19. The lowest BCUT2D eigenvalue weighted by atomic mass is 9.92. The summed E-state index contributed by atoms with van der Waals surface area (Å²) in [6.07, 6.45) is 0. The summed E-state index contributed by atoms with van der Waals surface area (Å²) >= 11 is 9.16. The normalized spacial score (nSPS) is 23.2. The third-order valence-electron chi connectivity index (χ3n) is 3.44. The van der Waals surface area contributed by atoms with Crippen molar-refractivity contribution in [3.8, 4) is 0 Å². The number of Topliss-reactive ketones (excluding diaryl/α,β-unsaturated/α-hetero) is 1. The smallest absolute Gasteiger partial charge is 0.182 e. The molecule has 0 aromatic heterocycles. The molecular weight excluding hydrogens is 400 g/mol. The van der Waals surface area contributed by atoms with Gasteiger partial charge in [0, 0.05) is 16.2 Å². The highest BCUT2D eigenvalue weighted by atomic mass is 79.9. The number of rotatable bonds is 2. The van der Waals surface area contributed by atoms with Crippen LogP contribution in [0.2, 0.25) is 0 Å². The van der Waals surface area contributed by atoms with E-state index in [2.05, 4.69) is 31.9 Å². The summed E-state index contributed by atoms with van der Waals surface area (Å²) in [5.41, 5.74) is 1.92. The number of hydrogen-bond acceptors (Lipinski definition) is 2. The van der Waals surface area contributed by atoms with Gasteiger partial charge in [-0.25, -0.2) is 0 Å². The summed E-state index contributed by atoms with van der Waals surface area (Å²) in [7, 11) is 0. The molecule has 0 saturated carbocycles. The Hall–Kier alpha value is -0.580. The topological polar surface area (TPSA) is 17.1 Å². The third kappa shape index (κ3) is 2.38. The quantitative estimate of drug-likeness (QED) is 0.628. The van der Waals surface area contributed by atoms with Gasteiger partial charge in [-0.2, -0.15) is 0 Å². The summed E-state index contributed by atoms with van der Waals surface area (Å²) in [6.45, 7) is 0. The van der Waals surface area contributed by atoms with Crippen molar-refractivity contribution in [2.24, 2.45) is 0 Å². The lowest BCUT2D eigenvalue weighted by Crippen LogP contribution is -2.41. The van der Waals surface area contributed by atoms with Crippen molar-refractivity contribution in [1.82, 2.24) is 0 Å². The molecule has 2 aromatic rings. The molecule has 0 amide bonds. The number of carbonyl (C=O) groups is 1. The molecule has 2 atom stereocenters. The van der Waals surface area contributed by atoms with Crippen LogP contribution in [-0.2, 0) is 0 Å². The largest absolute Gasteiger partial charge is 0.292 e. The number of carbonyl (C=O) groups excluding carboxylic acids is 1. The predicted octanol–water partition coefficient (Wildman–Crippen LogP) is 5.24. The molecule has 102 valence electrons. The first-order chi connectivity index (χ1) is 9.63.